The Morgan fingerprint density at radius 3 is 2.41 bits per heavy atom. The Labute approximate surface area is 102 Å². The summed E-state index contributed by atoms with van der Waals surface area (Å²) < 4.78 is 0. The molecule has 0 aliphatic heterocycles. The number of hydrogen-bond acceptors (Lipinski definition) is 2. The van der Waals surface area contributed by atoms with Gasteiger partial charge in [-0.2, -0.15) is 0 Å². The first-order valence-corrected chi connectivity index (χ1v) is 6.52. The minimum Gasteiger partial charge on any atom is -0.481 e. The molecule has 0 aromatic carbocycles. The Bertz CT molecular complexity index is 321. The second-order valence-corrected chi connectivity index (χ2v) is 5.88. The SMILES string of the molecule is CC1(CNC(=O)C2CC2C(=O)O)CCCCC1. The molecule has 2 rings (SSSR count). The maximum absolute atomic E-state index is 11.7. The number of carbonyl (C=O) groups is 2. The van der Waals surface area contributed by atoms with Crippen LogP contribution in [0.15, 0.2) is 0 Å². The number of rotatable bonds is 4. The van der Waals surface area contributed by atoms with Gasteiger partial charge in [-0.05, 0) is 24.7 Å². The van der Waals surface area contributed by atoms with Crippen LogP contribution < -0.4 is 5.32 Å². The molecule has 2 N–H and O–H groups in total. The van der Waals surface area contributed by atoms with Gasteiger partial charge in [0, 0.05) is 6.54 Å². The van der Waals surface area contributed by atoms with E-state index in [2.05, 4.69) is 12.2 Å². The minimum atomic E-state index is -0.839. The Hall–Kier alpha value is -1.06. The molecule has 2 unspecified atom stereocenters. The van der Waals surface area contributed by atoms with Gasteiger partial charge in [-0.25, -0.2) is 0 Å². The Morgan fingerprint density at radius 2 is 1.88 bits per heavy atom. The predicted molar refractivity (Wildman–Crippen MR) is 63.4 cm³/mol. The molecule has 2 saturated carbocycles. The second-order valence-electron chi connectivity index (χ2n) is 5.88. The van der Waals surface area contributed by atoms with E-state index in [0.29, 0.717) is 13.0 Å². The smallest absolute Gasteiger partial charge is 0.307 e. The van der Waals surface area contributed by atoms with Crippen molar-refractivity contribution in [3.63, 3.8) is 0 Å². The molecule has 2 aliphatic carbocycles. The third kappa shape index (κ3) is 2.99. The van der Waals surface area contributed by atoms with E-state index in [1.165, 1.54) is 32.1 Å². The average molecular weight is 239 g/mol. The fraction of sp³-hybridized carbons (Fsp3) is 0.846. The van der Waals surface area contributed by atoms with Crippen molar-refractivity contribution in [1.82, 2.24) is 5.32 Å². The van der Waals surface area contributed by atoms with Crippen molar-refractivity contribution in [2.24, 2.45) is 17.3 Å². The van der Waals surface area contributed by atoms with Crippen LogP contribution in [-0.4, -0.2) is 23.5 Å². The fourth-order valence-corrected chi connectivity index (χ4v) is 2.77. The van der Waals surface area contributed by atoms with E-state index in [1.54, 1.807) is 0 Å². The van der Waals surface area contributed by atoms with Crippen LogP contribution in [0.4, 0.5) is 0 Å². The molecular weight excluding hydrogens is 218 g/mol. The molecule has 4 nitrogen and oxygen atoms in total. The zero-order valence-corrected chi connectivity index (χ0v) is 10.4. The van der Waals surface area contributed by atoms with Crippen molar-refractivity contribution in [1.29, 1.82) is 0 Å². The van der Waals surface area contributed by atoms with E-state index in [1.807, 2.05) is 0 Å². The lowest BCUT2D eigenvalue weighted by Crippen LogP contribution is -2.38. The molecule has 2 fully saturated rings. The molecule has 0 saturated heterocycles. The van der Waals surface area contributed by atoms with Crippen molar-refractivity contribution in [2.45, 2.75) is 45.4 Å². The predicted octanol–water partition coefficient (Wildman–Crippen LogP) is 1.79. The topological polar surface area (TPSA) is 66.4 Å². The largest absolute Gasteiger partial charge is 0.481 e. The highest BCUT2D eigenvalue weighted by atomic mass is 16.4. The summed E-state index contributed by atoms with van der Waals surface area (Å²) in [6, 6.07) is 0. The van der Waals surface area contributed by atoms with Gasteiger partial charge in [0.25, 0.3) is 0 Å². The van der Waals surface area contributed by atoms with Gasteiger partial charge in [0.05, 0.1) is 11.8 Å². The number of hydrogen-bond donors (Lipinski definition) is 2. The molecule has 2 atom stereocenters. The maximum Gasteiger partial charge on any atom is 0.307 e. The van der Waals surface area contributed by atoms with E-state index >= 15 is 0 Å². The van der Waals surface area contributed by atoms with Gasteiger partial charge in [0.2, 0.25) is 5.91 Å². The van der Waals surface area contributed by atoms with Crippen LogP contribution in [0, 0.1) is 17.3 Å². The zero-order valence-electron chi connectivity index (χ0n) is 10.4. The lowest BCUT2D eigenvalue weighted by atomic mass is 9.76. The Kier molecular flexibility index (Phi) is 3.40. The van der Waals surface area contributed by atoms with Crippen LogP contribution in [-0.2, 0) is 9.59 Å². The molecule has 17 heavy (non-hydrogen) atoms. The third-order valence-corrected chi connectivity index (χ3v) is 4.19. The third-order valence-electron chi connectivity index (χ3n) is 4.19. The summed E-state index contributed by atoms with van der Waals surface area (Å²) in [6.45, 7) is 2.92. The summed E-state index contributed by atoms with van der Waals surface area (Å²) >= 11 is 0. The van der Waals surface area contributed by atoms with Gasteiger partial charge in [0.15, 0.2) is 0 Å². The molecule has 0 aromatic rings. The molecule has 0 spiro atoms. The second kappa shape index (κ2) is 4.67. The van der Waals surface area contributed by atoms with Crippen LogP contribution in [0.1, 0.15) is 45.4 Å². The molecule has 0 heterocycles. The highest BCUT2D eigenvalue weighted by molar-refractivity contribution is 5.89. The van der Waals surface area contributed by atoms with Crippen molar-refractivity contribution >= 4 is 11.9 Å². The van der Waals surface area contributed by atoms with Gasteiger partial charge >= 0.3 is 5.97 Å². The number of carboxylic acid groups (broad SMARTS) is 1. The van der Waals surface area contributed by atoms with E-state index < -0.39 is 11.9 Å². The van der Waals surface area contributed by atoms with Gasteiger partial charge in [0.1, 0.15) is 0 Å². The Morgan fingerprint density at radius 1 is 1.24 bits per heavy atom. The van der Waals surface area contributed by atoms with Crippen LogP contribution in [0.3, 0.4) is 0 Å². The standard InChI is InChI=1S/C13H21NO3/c1-13(5-3-2-4-6-13)8-14-11(15)9-7-10(9)12(16)17/h9-10H,2-8H2,1H3,(H,14,15)(H,16,17). The summed E-state index contributed by atoms with van der Waals surface area (Å²) in [6.07, 6.45) is 6.63. The molecule has 0 radical (unpaired) electrons. The van der Waals surface area contributed by atoms with E-state index in [4.69, 9.17) is 5.11 Å². The van der Waals surface area contributed by atoms with Crippen molar-refractivity contribution in [2.75, 3.05) is 6.54 Å². The van der Waals surface area contributed by atoms with Crippen LogP contribution in [0.2, 0.25) is 0 Å². The summed E-state index contributed by atoms with van der Waals surface area (Å²) in [5.74, 6) is -1.62. The maximum atomic E-state index is 11.7. The first kappa shape index (κ1) is 12.4. The van der Waals surface area contributed by atoms with Gasteiger partial charge in [-0.15, -0.1) is 0 Å². The normalized spacial score (nSPS) is 30.6. The molecule has 0 bridgehead atoms. The summed E-state index contributed by atoms with van der Waals surface area (Å²) in [5, 5.41) is 11.7. The lowest BCUT2D eigenvalue weighted by Gasteiger charge is -2.33. The fourth-order valence-electron chi connectivity index (χ4n) is 2.77. The summed E-state index contributed by atoms with van der Waals surface area (Å²) in [5.41, 5.74) is 0.224. The number of amides is 1. The van der Waals surface area contributed by atoms with Crippen LogP contribution in [0.5, 0.6) is 0 Å². The highest BCUT2D eigenvalue weighted by Gasteiger charge is 2.48. The van der Waals surface area contributed by atoms with E-state index in [9.17, 15) is 9.59 Å². The van der Waals surface area contributed by atoms with Crippen molar-refractivity contribution in [3.8, 4) is 0 Å². The Balaban J connectivity index is 1.75. The first-order chi connectivity index (χ1) is 8.02. The molecule has 1 amide bonds. The number of carbonyl (C=O) groups excluding carboxylic acids is 1. The molecular formula is C13H21NO3. The number of aliphatic carboxylic acids is 1. The first-order valence-electron chi connectivity index (χ1n) is 6.52. The number of carboxylic acids is 1. The average Bonchev–Trinajstić information content (AvgIpc) is 3.07. The molecule has 4 heteroatoms. The van der Waals surface area contributed by atoms with Gasteiger partial charge in [-0.3, -0.25) is 9.59 Å². The highest BCUT2D eigenvalue weighted by Crippen LogP contribution is 2.39. The monoisotopic (exact) mass is 239 g/mol. The van der Waals surface area contributed by atoms with Crippen molar-refractivity contribution < 1.29 is 14.7 Å². The quantitative estimate of drug-likeness (QED) is 0.786. The summed E-state index contributed by atoms with van der Waals surface area (Å²) in [7, 11) is 0. The number of nitrogens with one attached hydrogen (secondary N) is 1. The van der Waals surface area contributed by atoms with Crippen LogP contribution >= 0.6 is 0 Å². The summed E-state index contributed by atoms with van der Waals surface area (Å²) in [4.78, 5) is 22.4. The van der Waals surface area contributed by atoms with Crippen LogP contribution in [0.25, 0.3) is 0 Å². The molecule has 2 aliphatic rings. The van der Waals surface area contributed by atoms with Gasteiger partial charge < -0.3 is 10.4 Å². The molecule has 0 aromatic heterocycles. The van der Waals surface area contributed by atoms with E-state index in [-0.39, 0.29) is 17.2 Å². The van der Waals surface area contributed by atoms with Crippen molar-refractivity contribution in [3.05, 3.63) is 0 Å². The minimum absolute atomic E-state index is 0.0656. The van der Waals surface area contributed by atoms with E-state index in [0.717, 1.165) is 0 Å². The zero-order chi connectivity index (χ0) is 12.5. The lowest BCUT2D eigenvalue weighted by molar-refractivity contribution is -0.140. The van der Waals surface area contributed by atoms with Gasteiger partial charge in [-0.1, -0.05) is 26.2 Å². The molecule has 96 valence electrons.